The van der Waals surface area contributed by atoms with Crippen molar-refractivity contribution in [2.45, 2.75) is 6.92 Å². The molecule has 0 saturated heterocycles. The summed E-state index contributed by atoms with van der Waals surface area (Å²) >= 11 is 0. The Bertz CT molecular complexity index is 884. The maximum Gasteiger partial charge on any atom is 0.235 e. The Labute approximate surface area is 138 Å². The van der Waals surface area contributed by atoms with Gasteiger partial charge in [0.2, 0.25) is 5.88 Å². The number of pyridine rings is 1. The molecule has 0 aliphatic rings. The van der Waals surface area contributed by atoms with E-state index in [4.69, 9.17) is 20.1 Å². The first-order valence-corrected chi connectivity index (χ1v) is 7.30. The topological polar surface area (TPSA) is 110 Å². The number of hydrogen-bond acceptors (Lipinski definition) is 7. The predicted octanol–water partition coefficient (Wildman–Crippen LogP) is 3.33. The molecule has 3 N–H and O–H groups in total. The van der Waals surface area contributed by atoms with Crippen LogP contribution in [0.4, 0.5) is 17.2 Å². The fourth-order valence-corrected chi connectivity index (χ4v) is 2.21. The van der Waals surface area contributed by atoms with E-state index in [9.17, 15) is 0 Å². The maximum atomic E-state index is 9.16. The van der Waals surface area contributed by atoms with Crippen molar-refractivity contribution < 1.29 is 9.15 Å². The molecule has 7 heteroatoms. The first-order valence-electron chi connectivity index (χ1n) is 7.30. The molecule has 0 fully saturated rings. The molecule has 0 bridgehead atoms. The van der Waals surface area contributed by atoms with Gasteiger partial charge < -0.3 is 20.2 Å². The van der Waals surface area contributed by atoms with Crippen LogP contribution in [0.5, 0.6) is 5.88 Å². The van der Waals surface area contributed by atoms with Gasteiger partial charge in [-0.05, 0) is 19.1 Å². The number of benzene rings is 1. The van der Waals surface area contributed by atoms with E-state index in [0.29, 0.717) is 23.9 Å². The lowest BCUT2D eigenvalue weighted by atomic mass is 10.1. The molecule has 0 aliphatic heterocycles. The zero-order valence-electron chi connectivity index (χ0n) is 13.0. The van der Waals surface area contributed by atoms with Gasteiger partial charge in [-0.1, -0.05) is 12.1 Å². The highest BCUT2D eigenvalue weighted by Gasteiger charge is 2.12. The quantitative estimate of drug-likeness (QED) is 0.741. The Hall–Kier alpha value is -3.53. The molecular formula is C17H15N5O2. The number of nitrogens with two attached hydrogens (primary N) is 1. The summed E-state index contributed by atoms with van der Waals surface area (Å²) in [7, 11) is 0. The number of rotatable bonds is 5. The smallest absolute Gasteiger partial charge is 0.235 e. The van der Waals surface area contributed by atoms with Gasteiger partial charge in [0, 0.05) is 17.3 Å². The Balaban J connectivity index is 1.91. The number of nitrogens with zero attached hydrogens (tertiary/aromatic N) is 3. The zero-order chi connectivity index (χ0) is 16.9. The van der Waals surface area contributed by atoms with E-state index >= 15 is 0 Å². The van der Waals surface area contributed by atoms with Crippen molar-refractivity contribution in [3.63, 3.8) is 0 Å². The number of anilines is 3. The summed E-state index contributed by atoms with van der Waals surface area (Å²) in [5.74, 6) is 1.37. The van der Waals surface area contributed by atoms with Gasteiger partial charge in [-0.3, -0.25) is 0 Å². The monoisotopic (exact) mass is 321 g/mol. The minimum absolute atomic E-state index is 0.217. The van der Waals surface area contributed by atoms with Crippen LogP contribution in [-0.4, -0.2) is 16.6 Å². The molecule has 0 amide bonds. The van der Waals surface area contributed by atoms with E-state index in [1.165, 1.54) is 6.39 Å². The third-order valence-corrected chi connectivity index (χ3v) is 3.26. The van der Waals surface area contributed by atoms with Crippen LogP contribution in [0.25, 0.3) is 11.3 Å². The van der Waals surface area contributed by atoms with Gasteiger partial charge in [0.15, 0.2) is 12.2 Å². The van der Waals surface area contributed by atoms with Crippen molar-refractivity contribution in [3.05, 3.63) is 48.5 Å². The molecule has 0 saturated carbocycles. The Morgan fingerprint density at radius 1 is 1.38 bits per heavy atom. The van der Waals surface area contributed by atoms with E-state index < -0.39 is 0 Å². The molecule has 0 unspecified atom stereocenters. The summed E-state index contributed by atoms with van der Waals surface area (Å²) in [5, 5.41) is 12.3. The first-order chi connectivity index (χ1) is 11.7. The molecule has 2 aromatic heterocycles. The predicted molar refractivity (Wildman–Crippen MR) is 89.8 cm³/mol. The summed E-state index contributed by atoms with van der Waals surface area (Å²) in [6.45, 7) is 2.21. The molecule has 0 radical (unpaired) electrons. The molecule has 0 aliphatic carbocycles. The fraction of sp³-hybridized carbons (Fsp3) is 0.118. The van der Waals surface area contributed by atoms with Crippen LogP contribution in [0, 0.1) is 11.3 Å². The lowest BCUT2D eigenvalue weighted by Gasteiger charge is -2.11. The van der Waals surface area contributed by atoms with Crippen molar-refractivity contribution in [3.8, 4) is 23.3 Å². The molecule has 120 valence electrons. The lowest BCUT2D eigenvalue weighted by Crippen LogP contribution is -2.04. The van der Waals surface area contributed by atoms with Crippen LogP contribution in [0.2, 0.25) is 0 Å². The number of nitrogens with one attached hydrogen (secondary N) is 1. The normalized spacial score (nSPS) is 10.2. The third-order valence-electron chi connectivity index (χ3n) is 3.26. The van der Waals surface area contributed by atoms with Crippen molar-refractivity contribution in [1.29, 1.82) is 5.26 Å². The summed E-state index contributed by atoms with van der Waals surface area (Å²) in [4.78, 5) is 8.22. The molecule has 2 heterocycles. The van der Waals surface area contributed by atoms with Crippen LogP contribution >= 0.6 is 0 Å². The lowest BCUT2D eigenvalue weighted by molar-refractivity contribution is 0.326. The molecule has 7 nitrogen and oxygen atoms in total. The highest BCUT2D eigenvalue weighted by Crippen LogP contribution is 2.28. The highest BCUT2D eigenvalue weighted by atomic mass is 16.5. The second-order valence-corrected chi connectivity index (χ2v) is 4.89. The molecule has 0 atom stereocenters. The van der Waals surface area contributed by atoms with Crippen molar-refractivity contribution >= 4 is 17.2 Å². The van der Waals surface area contributed by atoms with Gasteiger partial charge in [0.05, 0.1) is 18.5 Å². The van der Waals surface area contributed by atoms with Crippen LogP contribution < -0.4 is 15.8 Å². The van der Waals surface area contributed by atoms with Crippen molar-refractivity contribution in [2.24, 2.45) is 0 Å². The average Bonchev–Trinajstić information content (AvgIpc) is 3.10. The average molecular weight is 321 g/mol. The summed E-state index contributed by atoms with van der Waals surface area (Å²) in [6.07, 6.45) is 3.02. The number of hydrogen-bond donors (Lipinski definition) is 2. The van der Waals surface area contributed by atoms with Crippen LogP contribution in [0.15, 0.2) is 47.3 Å². The van der Waals surface area contributed by atoms with Gasteiger partial charge in [-0.15, -0.1) is 0 Å². The van der Waals surface area contributed by atoms with E-state index in [-0.39, 0.29) is 11.4 Å². The maximum absolute atomic E-state index is 9.16. The van der Waals surface area contributed by atoms with Gasteiger partial charge in [0.25, 0.3) is 0 Å². The Morgan fingerprint density at radius 3 is 2.96 bits per heavy atom. The Morgan fingerprint density at radius 2 is 2.25 bits per heavy atom. The van der Waals surface area contributed by atoms with Crippen molar-refractivity contribution in [1.82, 2.24) is 9.97 Å². The molecule has 0 spiro atoms. The summed E-state index contributed by atoms with van der Waals surface area (Å²) in [6, 6.07) is 11.2. The minimum atomic E-state index is 0.217. The third kappa shape index (κ3) is 3.13. The number of nitriles is 1. The molecule has 1 aromatic carbocycles. The number of nitrogen functional groups attached to an aromatic ring is 1. The summed E-state index contributed by atoms with van der Waals surface area (Å²) in [5.41, 5.74) is 8.14. The molecule has 3 rings (SSSR count). The fourth-order valence-electron chi connectivity index (χ4n) is 2.21. The van der Waals surface area contributed by atoms with Crippen molar-refractivity contribution in [2.75, 3.05) is 17.7 Å². The number of aromatic nitrogens is 2. The van der Waals surface area contributed by atoms with Crippen LogP contribution in [0.3, 0.4) is 0 Å². The highest BCUT2D eigenvalue weighted by molar-refractivity contribution is 5.70. The molecule has 3 aromatic rings. The van der Waals surface area contributed by atoms with Gasteiger partial charge in [0.1, 0.15) is 17.5 Å². The van der Waals surface area contributed by atoms with Gasteiger partial charge in [-0.25, -0.2) is 4.98 Å². The largest absolute Gasteiger partial charge is 0.477 e. The van der Waals surface area contributed by atoms with Crippen LogP contribution in [0.1, 0.15) is 12.5 Å². The Kier molecular flexibility index (Phi) is 4.29. The second kappa shape index (κ2) is 6.71. The first kappa shape index (κ1) is 15.4. The molecular weight excluding hydrogens is 306 g/mol. The summed E-state index contributed by atoms with van der Waals surface area (Å²) < 4.78 is 10.7. The van der Waals surface area contributed by atoms with Gasteiger partial charge >= 0.3 is 0 Å². The number of ether oxygens (including phenoxy) is 1. The minimum Gasteiger partial charge on any atom is -0.477 e. The standard InChI is InChI=1S/C17H15N5O2/c1-2-23-17-13(8-18)14(19)7-16(22-17)21-12-5-3-4-11(6-12)15-9-20-10-24-15/h3-7,9-10H,2H2,1H3,(H3,19,21,22). The van der Waals surface area contributed by atoms with Gasteiger partial charge in [-0.2, -0.15) is 10.2 Å². The van der Waals surface area contributed by atoms with E-state index in [1.54, 1.807) is 12.3 Å². The SMILES string of the molecule is CCOc1nc(Nc2cccc(-c3cnco3)c2)cc(N)c1C#N. The van der Waals surface area contributed by atoms with Crippen LogP contribution in [-0.2, 0) is 0 Å². The van der Waals surface area contributed by atoms with E-state index in [2.05, 4.69) is 15.3 Å². The molecule has 24 heavy (non-hydrogen) atoms. The van der Waals surface area contributed by atoms with E-state index in [0.717, 1.165) is 11.3 Å². The zero-order valence-corrected chi connectivity index (χ0v) is 13.0. The van der Waals surface area contributed by atoms with E-state index in [1.807, 2.05) is 37.3 Å². The number of oxazole rings is 1. The second-order valence-electron chi connectivity index (χ2n) is 4.89.